The largest absolute Gasteiger partial charge is 0.480 e. The minimum Gasteiger partial charge on any atom is -0.480 e. The van der Waals surface area contributed by atoms with Gasteiger partial charge in [-0.1, -0.05) is 12.1 Å². The Morgan fingerprint density at radius 3 is 2.67 bits per heavy atom. The summed E-state index contributed by atoms with van der Waals surface area (Å²) in [5.41, 5.74) is 5.31. The van der Waals surface area contributed by atoms with Gasteiger partial charge in [-0.3, -0.25) is 9.58 Å². The first-order valence-electron chi connectivity index (χ1n) is 13.4. The topological polar surface area (TPSA) is 95.3 Å². The second-order valence-electron chi connectivity index (χ2n) is 10.2. The summed E-state index contributed by atoms with van der Waals surface area (Å²) in [6, 6.07) is 12.7. The van der Waals surface area contributed by atoms with Crippen LogP contribution >= 0.6 is 0 Å². The number of aromatic nitrogens is 5. The Morgan fingerprint density at radius 2 is 1.90 bits per heavy atom. The van der Waals surface area contributed by atoms with E-state index in [1.807, 2.05) is 49.9 Å². The van der Waals surface area contributed by atoms with Gasteiger partial charge >= 0.3 is 0 Å². The lowest BCUT2D eigenvalue weighted by Crippen LogP contribution is -2.48. The Bertz CT molecular complexity index is 1620. The van der Waals surface area contributed by atoms with E-state index in [2.05, 4.69) is 30.9 Å². The van der Waals surface area contributed by atoms with Crippen LogP contribution in [0.25, 0.3) is 33.3 Å². The maximum absolute atomic E-state index is 13.6. The molecule has 2 N–H and O–H groups in total. The molecular weight excluding hydrogens is 509 g/mol. The van der Waals surface area contributed by atoms with Gasteiger partial charge in [0.05, 0.1) is 26.0 Å². The molecule has 1 aliphatic heterocycles. The highest BCUT2D eigenvalue weighted by Crippen LogP contribution is 2.35. The van der Waals surface area contributed by atoms with Gasteiger partial charge in [0.1, 0.15) is 17.3 Å². The van der Waals surface area contributed by atoms with E-state index < -0.39 is 0 Å². The summed E-state index contributed by atoms with van der Waals surface area (Å²) in [7, 11) is 1.64. The van der Waals surface area contributed by atoms with Gasteiger partial charge in [0, 0.05) is 79.0 Å². The van der Waals surface area contributed by atoms with E-state index in [0.29, 0.717) is 19.0 Å². The van der Waals surface area contributed by atoms with E-state index in [9.17, 15) is 9.50 Å². The Kier molecular flexibility index (Phi) is 7.19. The van der Waals surface area contributed by atoms with Gasteiger partial charge in [-0.15, -0.1) is 0 Å². The van der Waals surface area contributed by atoms with Crippen LogP contribution < -0.4 is 9.64 Å². The first-order chi connectivity index (χ1) is 19.5. The average molecular weight is 542 g/mol. The van der Waals surface area contributed by atoms with Crippen LogP contribution in [-0.4, -0.2) is 80.7 Å². The van der Waals surface area contributed by atoms with E-state index >= 15 is 0 Å². The molecule has 9 nitrogen and oxygen atoms in total. The SMILES string of the molecule is COc1nc(N2CCN(C[C@H](C)O)CC2)ccc1-c1cnc2[nH]cc(-c3cnn(Cc4cccc(F)c4)c3)c2c1. The molecule has 40 heavy (non-hydrogen) atoms. The van der Waals surface area contributed by atoms with E-state index in [4.69, 9.17) is 9.72 Å². The molecule has 1 atom stereocenters. The second-order valence-corrected chi connectivity index (χ2v) is 10.2. The maximum Gasteiger partial charge on any atom is 0.223 e. The number of ether oxygens (including phenoxy) is 1. The number of aliphatic hydroxyl groups is 1. The normalized spacial score (nSPS) is 15.1. The van der Waals surface area contributed by atoms with Gasteiger partial charge in [-0.05, 0) is 42.8 Å². The van der Waals surface area contributed by atoms with Gasteiger partial charge in [0.2, 0.25) is 5.88 Å². The Hall–Kier alpha value is -4.28. The van der Waals surface area contributed by atoms with Crippen LogP contribution in [0.15, 0.2) is 67.3 Å². The number of anilines is 1. The van der Waals surface area contributed by atoms with Crippen LogP contribution in [-0.2, 0) is 6.54 Å². The second kappa shape index (κ2) is 11.1. The number of hydrogen-bond donors (Lipinski definition) is 2. The first kappa shape index (κ1) is 26.0. The minimum absolute atomic E-state index is 0.256. The summed E-state index contributed by atoms with van der Waals surface area (Å²) in [5, 5.41) is 15.1. The third-order valence-electron chi connectivity index (χ3n) is 7.28. The number of pyridine rings is 2. The van der Waals surface area contributed by atoms with Gasteiger partial charge in [0.25, 0.3) is 0 Å². The van der Waals surface area contributed by atoms with Gasteiger partial charge < -0.3 is 19.7 Å². The zero-order valence-electron chi connectivity index (χ0n) is 22.6. The van der Waals surface area contributed by atoms with E-state index in [0.717, 1.165) is 70.8 Å². The van der Waals surface area contributed by atoms with E-state index in [-0.39, 0.29) is 11.9 Å². The molecule has 206 valence electrons. The highest BCUT2D eigenvalue weighted by Gasteiger charge is 2.21. The molecule has 0 amide bonds. The van der Waals surface area contributed by atoms with Crippen molar-refractivity contribution < 1.29 is 14.2 Å². The molecular formula is C30H32FN7O2. The molecule has 1 aromatic carbocycles. The lowest BCUT2D eigenvalue weighted by Gasteiger charge is -2.36. The molecule has 6 rings (SSSR count). The molecule has 0 bridgehead atoms. The zero-order valence-corrected chi connectivity index (χ0v) is 22.6. The number of nitrogens with one attached hydrogen (secondary N) is 1. The highest BCUT2D eigenvalue weighted by molar-refractivity contribution is 5.95. The fourth-order valence-electron chi connectivity index (χ4n) is 5.32. The molecule has 5 heterocycles. The van der Waals surface area contributed by atoms with Crippen molar-refractivity contribution >= 4 is 16.9 Å². The summed E-state index contributed by atoms with van der Waals surface area (Å²) in [6.07, 6.45) is 7.20. The molecule has 4 aromatic heterocycles. The number of halogens is 1. The standard InChI is InChI=1S/C30H32FN7O2/c1-20(39)17-36-8-10-37(11-9-36)28-7-6-25(30(35-28)40-2)22-13-26-27(16-33-29(26)32-14-22)23-15-34-38(19-23)18-21-4-3-5-24(31)12-21/h3-7,12-16,19-20,39H,8-11,17-18H2,1-2H3,(H,32,33)/t20-/m0/s1. The Balaban J connectivity index is 1.24. The number of β-amino-alcohol motifs (C(OH)–C–C–N with tert-alkyl or cyclic N) is 1. The van der Waals surface area contributed by atoms with Crippen molar-refractivity contribution in [3.8, 4) is 28.1 Å². The van der Waals surface area contributed by atoms with Crippen LogP contribution in [0.5, 0.6) is 5.88 Å². The number of rotatable bonds is 8. The molecule has 1 saturated heterocycles. The predicted octanol–water partition coefficient (Wildman–Crippen LogP) is 4.19. The molecule has 0 unspecified atom stereocenters. The molecule has 5 aromatic rings. The van der Waals surface area contributed by atoms with E-state index in [1.54, 1.807) is 17.9 Å². The van der Waals surface area contributed by atoms with Crippen LogP contribution in [0.3, 0.4) is 0 Å². The van der Waals surface area contributed by atoms with Crippen LogP contribution in [0, 0.1) is 5.82 Å². The summed E-state index contributed by atoms with van der Waals surface area (Å²) in [4.78, 5) is 17.3. The van der Waals surface area contributed by atoms with Crippen molar-refractivity contribution in [1.82, 2.24) is 29.6 Å². The minimum atomic E-state index is -0.327. The van der Waals surface area contributed by atoms with Gasteiger partial charge in [-0.2, -0.15) is 10.1 Å². The van der Waals surface area contributed by atoms with Crippen molar-refractivity contribution in [3.05, 3.63) is 78.6 Å². The number of nitrogens with zero attached hydrogens (tertiary/aromatic N) is 6. The van der Waals surface area contributed by atoms with Crippen LogP contribution in [0.4, 0.5) is 10.2 Å². The third kappa shape index (κ3) is 5.41. The van der Waals surface area contributed by atoms with Crippen LogP contribution in [0.2, 0.25) is 0 Å². The average Bonchev–Trinajstić information content (AvgIpc) is 3.59. The number of aromatic amines is 1. The lowest BCUT2D eigenvalue weighted by molar-refractivity contribution is 0.122. The number of piperazine rings is 1. The third-order valence-corrected chi connectivity index (χ3v) is 7.28. The molecule has 1 fully saturated rings. The predicted molar refractivity (Wildman–Crippen MR) is 153 cm³/mol. The molecule has 0 spiro atoms. The smallest absolute Gasteiger partial charge is 0.223 e. The molecule has 0 aliphatic carbocycles. The van der Waals surface area contributed by atoms with Crippen molar-refractivity contribution in [2.24, 2.45) is 0 Å². The summed E-state index contributed by atoms with van der Waals surface area (Å²) < 4.78 is 21.1. The number of benzene rings is 1. The molecule has 10 heteroatoms. The molecule has 0 saturated carbocycles. The highest BCUT2D eigenvalue weighted by atomic mass is 19.1. The van der Waals surface area contributed by atoms with Crippen molar-refractivity contribution in [3.63, 3.8) is 0 Å². The quantitative estimate of drug-likeness (QED) is 0.304. The molecule has 0 radical (unpaired) electrons. The summed E-state index contributed by atoms with van der Waals surface area (Å²) >= 11 is 0. The van der Waals surface area contributed by atoms with Crippen molar-refractivity contribution in [1.29, 1.82) is 0 Å². The fraction of sp³-hybridized carbons (Fsp3) is 0.300. The Labute approximate surface area is 231 Å². The number of aliphatic hydroxyl groups excluding tert-OH is 1. The number of fused-ring (bicyclic) bond motifs is 1. The summed E-state index contributed by atoms with van der Waals surface area (Å²) in [5.74, 6) is 1.16. The van der Waals surface area contributed by atoms with E-state index in [1.165, 1.54) is 12.1 Å². The summed E-state index contributed by atoms with van der Waals surface area (Å²) in [6.45, 7) is 6.44. The number of hydrogen-bond acceptors (Lipinski definition) is 7. The van der Waals surface area contributed by atoms with Gasteiger partial charge in [0.15, 0.2) is 0 Å². The van der Waals surface area contributed by atoms with Crippen LogP contribution in [0.1, 0.15) is 12.5 Å². The van der Waals surface area contributed by atoms with Crippen molar-refractivity contribution in [2.45, 2.75) is 19.6 Å². The zero-order chi connectivity index (χ0) is 27.6. The Morgan fingerprint density at radius 1 is 1.05 bits per heavy atom. The van der Waals surface area contributed by atoms with Crippen molar-refractivity contribution in [2.75, 3.05) is 44.7 Å². The number of H-pyrrole nitrogens is 1. The monoisotopic (exact) mass is 541 g/mol. The maximum atomic E-state index is 13.6. The lowest BCUT2D eigenvalue weighted by atomic mass is 10.0. The fourth-order valence-corrected chi connectivity index (χ4v) is 5.32. The molecule has 1 aliphatic rings. The number of methoxy groups -OCH3 is 1. The van der Waals surface area contributed by atoms with Gasteiger partial charge in [-0.25, -0.2) is 9.37 Å². The first-order valence-corrected chi connectivity index (χ1v) is 13.4.